The second-order valence-corrected chi connectivity index (χ2v) is 5.72. The zero-order chi connectivity index (χ0) is 14.8. The minimum Gasteiger partial charge on any atom is -0.493 e. The summed E-state index contributed by atoms with van der Waals surface area (Å²) in [5, 5.41) is 0. The Morgan fingerprint density at radius 2 is 1.80 bits per heavy atom. The number of hydrogen-bond acceptors (Lipinski definition) is 2. The largest absolute Gasteiger partial charge is 0.493 e. The molecule has 1 rings (SSSR count). The van der Waals surface area contributed by atoms with E-state index in [0.29, 0.717) is 16.8 Å². The highest BCUT2D eigenvalue weighted by Crippen LogP contribution is 2.21. The molecule has 4 heteroatoms. The lowest BCUT2D eigenvalue weighted by Crippen LogP contribution is -2.23. The van der Waals surface area contributed by atoms with Crippen LogP contribution in [0.5, 0.6) is 5.75 Å². The summed E-state index contributed by atoms with van der Waals surface area (Å²) in [6.45, 7) is 8.52. The second kappa shape index (κ2) is 10.2. The molecule has 0 atom stereocenters. The first-order chi connectivity index (χ1) is 9.67. The number of hydrogen-bond donors (Lipinski definition) is 0. The summed E-state index contributed by atoms with van der Waals surface area (Å²) in [5.41, 5.74) is 0. The van der Waals surface area contributed by atoms with Crippen molar-refractivity contribution in [1.82, 2.24) is 4.90 Å². The predicted octanol–water partition coefficient (Wildman–Crippen LogP) is 4.87. The summed E-state index contributed by atoms with van der Waals surface area (Å²) < 4.78 is 19.3. The summed E-state index contributed by atoms with van der Waals surface area (Å²) in [5.74, 6) is 0.329. The number of ether oxygens (including phenoxy) is 1. The molecular formula is C16H25BrFNO. The Bertz CT molecular complexity index is 383. The molecule has 114 valence electrons. The van der Waals surface area contributed by atoms with Crippen LogP contribution < -0.4 is 4.74 Å². The van der Waals surface area contributed by atoms with Crippen molar-refractivity contribution < 1.29 is 9.13 Å². The fraction of sp³-hybridized carbons (Fsp3) is 0.625. The molecule has 0 spiro atoms. The molecule has 0 aliphatic carbocycles. The number of rotatable bonds is 10. The average Bonchev–Trinajstić information content (AvgIpc) is 2.46. The molecule has 0 saturated carbocycles. The Hall–Kier alpha value is -0.610. The zero-order valence-corrected chi connectivity index (χ0v) is 14.1. The van der Waals surface area contributed by atoms with Crippen LogP contribution in [0.15, 0.2) is 22.7 Å². The van der Waals surface area contributed by atoms with Crippen LogP contribution in [0.4, 0.5) is 4.39 Å². The van der Waals surface area contributed by atoms with Gasteiger partial charge in [-0.1, -0.05) is 26.7 Å². The fourth-order valence-corrected chi connectivity index (χ4v) is 2.33. The van der Waals surface area contributed by atoms with Crippen LogP contribution in [0.1, 0.15) is 39.5 Å². The maximum absolute atomic E-state index is 13.3. The van der Waals surface area contributed by atoms with Gasteiger partial charge < -0.3 is 9.64 Å². The summed E-state index contributed by atoms with van der Waals surface area (Å²) in [6.07, 6.45) is 4.67. The molecule has 0 unspecified atom stereocenters. The van der Waals surface area contributed by atoms with Crippen molar-refractivity contribution in [3.63, 3.8) is 0 Å². The smallest absolute Gasteiger partial charge is 0.141 e. The van der Waals surface area contributed by atoms with Crippen molar-refractivity contribution in [2.45, 2.75) is 39.5 Å². The first kappa shape index (κ1) is 17.4. The van der Waals surface area contributed by atoms with Crippen molar-refractivity contribution in [3.8, 4) is 5.75 Å². The van der Waals surface area contributed by atoms with Gasteiger partial charge in [0.05, 0.1) is 11.1 Å². The monoisotopic (exact) mass is 345 g/mol. The van der Waals surface area contributed by atoms with E-state index in [4.69, 9.17) is 4.74 Å². The number of halogens is 2. The molecule has 0 amide bonds. The van der Waals surface area contributed by atoms with E-state index in [1.54, 1.807) is 12.1 Å². The topological polar surface area (TPSA) is 12.5 Å². The molecule has 1 aromatic carbocycles. The van der Waals surface area contributed by atoms with Gasteiger partial charge in [-0.05, 0) is 60.5 Å². The van der Waals surface area contributed by atoms with Crippen molar-refractivity contribution in [2.75, 3.05) is 26.2 Å². The maximum Gasteiger partial charge on any atom is 0.141 e. The van der Waals surface area contributed by atoms with E-state index in [1.807, 2.05) is 0 Å². The minimum absolute atomic E-state index is 0.276. The van der Waals surface area contributed by atoms with Crippen molar-refractivity contribution in [3.05, 3.63) is 28.5 Å². The molecule has 1 aromatic rings. The molecule has 0 N–H and O–H groups in total. The first-order valence-electron chi connectivity index (χ1n) is 7.47. The van der Waals surface area contributed by atoms with E-state index in [0.717, 1.165) is 19.5 Å². The Labute approximate surface area is 130 Å². The van der Waals surface area contributed by atoms with E-state index < -0.39 is 0 Å². The molecule has 0 radical (unpaired) electrons. The van der Waals surface area contributed by atoms with Gasteiger partial charge in [-0.2, -0.15) is 0 Å². The second-order valence-electron chi connectivity index (χ2n) is 4.87. The van der Waals surface area contributed by atoms with E-state index in [-0.39, 0.29) is 5.82 Å². The lowest BCUT2D eigenvalue weighted by Gasteiger charge is -2.17. The summed E-state index contributed by atoms with van der Waals surface area (Å²) in [7, 11) is 0. The SMILES string of the molecule is CCN(CC)CCCCCCOc1ccc(Br)c(F)c1. The van der Waals surface area contributed by atoms with Gasteiger partial charge in [0.25, 0.3) is 0 Å². The summed E-state index contributed by atoms with van der Waals surface area (Å²) in [6, 6.07) is 4.88. The highest BCUT2D eigenvalue weighted by atomic mass is 79.9. The number of benzene rings is 1. The Kier molecular flexibility index (Phi) is 8.86. The minimum atomic E-state index is -0.276. The molecule has 0 aromatic heterocycles. The van der Waals surface area contributed by atoms with E-state index in [2.05, 4.69) is 34.7 Å². The fourth-order valence-electron chi connectivity index (χ4n) is 2.09. The third-order valence-corrected chi connectivity index (χ3v) is 4.07. The van der Waals surface area contributed by atoms with E-state index in [9.17, 15) is 4.39 Å². The van der Waals surface area contributed by atoms with Gasteiger partial charge in [-0.25, -0.2) is 4.39 Å². The molecule has 0 bridgehead atoms. The van der Waals surface area contributed by atoms with Gasteiger partial charge in [0.15, 0.2) is 0 Å². The van der Waals surface area contributed by atoms with Gasteiger partial charge >= 0.3 is 0 Å². The molecule has 2 nitrogen and oxygen atoms in total. The van der Waals surface area contributed by atoms with Crippen molar-refractivity contribution in [1.29, 1.82) is 0 Å². The van der Waals surface area contributed by atoms with Crippen molar-refractivity contribution >= 4 is 15.9 Å². The third kappa shape index (κ3) is 6.71. The van der Waals surface area contributed by atoms with Crippen LogP contribution in [0.25, 0.3) is 0 Å². The Morgan fingerprint density at radius 1 is 1.10 bits per heavy atom. The number of unbranched alkanes of at least 4 members (excludes halogenated alkanes) is 3. The van der Waals surface area contributed by atoms with Crippen LogP contribution in [0.2, 0.25) is 0 Å². The molecule has 0 fully saturated rings. The maximum atomic E-state index is 13.3. The summed E-state index contributed by atoms with van der Waals surface area (Å²) in [4.78, 5) is 2.45. The van der Waals surface area contributed by atoms with Gasteiger partial charge in [-0.15, -0.1) is 0 Å². The van der Waals surface area contributed by atoms with Crippen LogP contribution in [0.3, 0.4) is 0 Å². The Morgan fingerprint density at radius 3 is 2.45 bits per heavy atom. The molecule has 0 heterocycles. The van der Waals surface area contributed by atoms with Crippen LogP contribution in [-0.2, 0) is 0 Å². The molecular weight excluding hydrogens is 321 g/mol. The van der Waals surface area contributed by atoms with E-state index in [1.165, 1.54) is 31.9 Å². The van der Waals surface area contributed by atoms with Crippen LogP contribution >= 0.6 is 15.9 Å². The van der Waals surface area contributed by atoms with Gasteiger partial charge in [0, 0.05) is 6.07 Å². The third-order valence-electron chi connectivity index (χ3n) is 3.42. The zero-order valence-electron chi connectivity index (χ0n) is 12.5. The quantitative estimate of drug-likeness (QED) is 0.561. The molecule has 20 heavy (non-hydrogen) atoms. The van der Waals surface area contributed by atoms with Gasteiger partial charge in [0.1, 0.15) is 11.6 Å². The normalized spacial score (nSPS) is 11.1. The van der Waals surface area contributed by atoms with Gasteiger partial charge in [0.2, 0.25) is 0 Å². The highest BCUT2D eigenvalue weighted by Gasteiger charge is 2.01. The number of nitrogens with zero attached hydrogens (tertiary/aromatic N) is 1. The van der Waals surface area contributed by atoms with Gasteiger partial charge in [-0.3, -0.25) is 0 Å². The van der Waals surface area contributed by atoms with Crippen LogP contribution in [-0.4, -0.2) is 31.1 Å². The summed E-state index contributed by atoms with van der Waals surface area (Å²) >= 11 is 3.13. The molecule has 0 aliphatic rings. The van der Waals surface area contributed by atoms with Crippen LogP contribution in [0, 0.1) is 5.82 Å². The lowest BCUT2D eigenvalue weighted by atomic mass is 10.2. The Balaban J connectivity index is 2.06. The van der Waals surface area contributed by atoms with E-state index >= 15 is 0 Å². The lowest BCUT2D eigenvalue weighted by molar-refractivity contribution is 0.284. The van der Waals surface area contributed by atoms with Crippen molar-refractivity contribution in [2.24, 2.45) is 0 Å². The molecule has 0 saturated heterocycles. The molecule has 0 aliphatic heterocycles. The highest BCUT2D eigenvalue weighted by molar-refractivity contribution is 9.10. The first-order valence-corrected chi connectivity index (χ1v) is 8.26. The average molecular weight is 346 g/mol. The standard InChI is InChI=1S/C16H25BrFNO/c1-3-19(4-2)11-7-5-6-8-12-20-14-9-10-15(17)16(18)13-14/h9-10,13H,3-8,11-12H2,1-2H3. The predicted molar refractivity (Wildman–Crippen MR) is 85.9 cm³/mol.